The van der Waals surface area contributed by atoms with Crippen LogP contribution in [-0.2, 0) is 6.54 Å². The van der Waals surface area contributed by atoms with Crippen LogP contribution in [0.4, 0.5) is 14.5 Å². The summed E-state index contributed by atoms with van der Waals surface area (Å²) < 4.78 is 32.9. The molecular weight excluding hydrogens is 354 g/mol. The number of piperazine rings is 1. The van der Waals surface area contributed by atoms with Crippen LogP contribution in [0.25, 0.3) is 11.0 Å². The molecule has 0 saturated carbocycles. The number of hydrogen-bond donors (Lipinski definition) is 1. The second-order valence-electron chi connectivity index (χ2n) is 6.57. The van der Waals surface area contributed by atoms with Crippen LogP contribution in [0.5, 0.6) is 0 Å². The summed E-state index contributed by atoms with van der Waals surface area (Å²) in [4.78, 5) is 15.4. The van der Waals surface area contributed by atoms with Gasteiger partial charge in [0, 0.05) is 49.7 Å². The van der Waals surface area contributed by atoms with Crippen LogP contribution in [0, 0.1) is 11.6 Å². The van der Waals surface area contributed by atoms with E-state index in [1.807, 2.05) is 12.1 Å². The lowest BCUT2D eigenvalue weighted by Crippen LogP contribution is -2.46. The number of nitrogens with zero attached hydrogens (tertiary/aromatic N) is 2. The lowest BCUT2D eigenvalue weighted by atomic mass is 10.1. The van der Waals surface area contributed by atoms with E-state index >= 15 is 0 Å². The molecule has 3 aromatic rings. The third-order valence-electron chi connectivity index (χ3n) is 4.90. The Morgan fingerprint density at radius 1 is 1.07 bits per heavy atom. The zero-order valence-electron chi connectivity index (χ0n) is 14.5. The Kier molecular flexibility index (Phi) is 4.53. The average Bonchev–Trinajstić information content (AvgIpc) is 3.03. The van der Waals surface area contributed by atoms with E-state index < -0.39 is 17.6 Å². The number of fused-ring (bicyclic) bond motifs is 1. The van der Waals surface area contributed by atoms with Gasteiger partial charge in [-0.2, -0.15) is 0 Å². The van der Waals surface area contributed by atoms with Crippen LogP contribution in [0.15, 0.2) is 46.9 Å². The van der Waals surface area contributed by atoms with Crippen LogP contribution in [0.1, 0.15) is 16.1 Å². The summed E-state index contributed by atoms with van der Waals surface area (Å²) in [7, 11) is 0. The molecule has 27 heavy (non-hydrogen) atoms. The molecule has 1 aliphatic heterocycles. The summed E-state index contributed by atoms with van der Waals surface area (Å²) in [6.45, 7) is 2.69. The molecule has 1 aliphatic rings. The first-order valence-electron chi connectivity index (χ1n) is 8.69. The molecule has 0 atom stereocenters. The molecule has 0 aliphatic carbocycles. The van der Waals surface area contributed by atoms with Gasteiger partial charge >= 0.3 is 5.97 Å². The average molecular weight is 372 g/mol. The van der Waals surface area contributed by atoms with Crippen LogP contribution in [0.2, 0.25) is 0 Å². The van der Waals surface area contributed by atoms with Crippen molar-refractivity contribution in [2.24, 2.45) is 0 Å². The first-order valence-corrected chi connectivity index (χ1v) is 8.69. The maximum absolute atomic E-state index is 14.0. The summed E-state index contributed by atoms with van der Waals surface area (Å²) in [5.74, 6) is -2.06. The Morgan fingerprint density at radius 2 is 1.81 bits per heavy atom. The van der Waals surface area contributed by atoms with Gasteiger partial charge in [0.15, 0.2) is 0 Å². The molecule has 140 valence electrons. The minimum atomic E-state index is -1.10. The van der Waals surface area contributed by atoms with Crippen molar-refractivity contribution in [2.45, 2.75) is 6.54 Å². The number of benzene rings is 2. The van der Waals surface area contributed by atoms with E-state index in [-0.39, 0.29) is 11.4 Å². The summed E-state index contributed by atoms with van der Waals surface area (Å²) in [5, 5.41) is 10.2. The van der Waals surface area contributed by atoms with Crippen LogP contribution in [-0.4, -0.2) is 42.2 Å². The summed E-state index contributed by atoms with van der Waals surface area (Å²) in [6, 6.07) is 10.7. The number of carbonyl (C=O) groups is 1. The maximum Gasteiger partial charge on any atom is 0.372 e. The van der Waals surface area contributed by atoms with Crippen LogP contribution in [0.3, 0.4) is 0 Å². The minimum absolute atomic E-state index is 0.0465. The monoisotopic (exact) mass is 372 g/mol. The smallest absolute Gasteiger partial charge is 0.372 e. The fraction of sp³-hybridized carbons (Fsp3) is 0.250. The van der Waals surface area contributed by atoms with Gasteiger partial charge in [-0.25, -0.2) is 13.6 Å². The highest BCUT2D eigenvalue weighted by atomic mass is 19.1. The van der Waals surface area contributed by atoms with Gasteiger partial charge in [0.25, 0.3) is 0 Å². The first kappa shape index (κ1) is 17.5. The van der Waals surface area contributed by atoms with Crippen molar-refractivity contribution in [3.05, 3.63) is 65.4 Å². The molecular formula is C20H18F2N2O3. The van der Waals surface area contributed by atoms with Crippen molar-refractivity contribution in [1.29, 1.82) is 0 Å². The summed E-state index contributed by atoms with van der Waals surface area (Å²) >= 11 is 0. The van der Waals surface area contributed by atoms with Crippen LogP contribution < -0.4 is 4.90 Å². The Labute approximate surface area is 154 Å². The number of rotatable bonds is 4. The molecule has 1 fully saturated rings. The fourth-order valence-electron chi connectivity index (χ4n) is 3.53. The number of para-hydroxylation sites is 1. The van der Waals surface area contributed by atoms with Crippen LogP contribution >= 0.6 is 0 Å². The molecule has 1 saturated heterocycles. The Bertz CT molecular complexity index is 994. The molecule has 5 nitrogen and oxygen atoms in total. The molecule has 2 heterocycles. The molecule has 0 bridgehead atoms. The van der Waals surface area contributed by atoms with E-state index in [4.69, 9.17) is 4.42 Å². The number of carboxylic acid groups (broad SMARTS) is 1. The second-order valence-corrected chi connectivity index (χ2v) is 6.57. The standard InChI is InChI=1S/C20H18F2N2O3/c21-13-5-6-16(22)17(11-13)24-9-7-23(8-10-24)12-15-14-3-1-2-4-18(14)27-19(15)20(25)26/h1-6,11H,7-10,12H2,(H,25,26). The highest BCUT2D eigenvalue weighted by molar-refractivity contribution is 5.95. The van der Waals surface area contributed by atoms with Gasteiger partial charge in [-0.05, 0) is 18.2 Å². The van der Waals surface area contributed by atoms with Gasteiger partial charge < -0.3 is 14.4 Å². The molecule has 0 spiro atoms. The molecule has 0 unspecified atom stereocenters. The number of halogens is 2. The zero-order chi connectivity index (χ0) is 19.0. The molecule has 0 radical (unpaired) electrons. The molecule has 1 N–H and O–H groups in total. The number of aromatic carboxylic acids is 1. The van der Waals surface area contributed by atoms with Gasteiger partial charge in [0.1, 0.15) is 17.2 Å². The largest absolute Gasteiger partial charge is 0.475 e. The molecule has 0 amide bonds. The third kappa shape index (κ3) is 3.38. The number of hydrogen-bond acceptors (Lipinski definition) is 4. The predicted octanol–water partition coefficient (Wildman–Crippen LogP) is 3.73. The fourth-order valence-corrected chi connectivity index (χ4v) is 3.53. The van der Waals surface area contributed by atoms with Crippen molar-refractivity contribution in [3.63, 3.8) is 0 Å². The van der Waals surface area contributed by atoms with E-state index in [0.29, 0.717) is 43.9 Å². The first-order chi connectivity index (χ1) is 13.0. The molecule has 2 aromatic carbocycles. The zero-order valence-corrected chi connectivity index (χ0v) is 14.5. The Morgan fingerprint density at radius 3 is 2.56 bits per heavy atom. The highest BCUT2D eigenvalue weighted by Gasteiger charge is 2.25. The second kappa shape index (κ2) is 7.00. The lowest BCUT2D eigenvalue weighted by Gasteiger charge is -2.36. The van der Waals surface area contributed by atoms with Gasteiger partial charge in [-0.15, -0.1) is 0 Å². The van der Waals surface area contributed by atoms with Crippen molar-refractivity contribution in [3.8, 4) is 0 Å². The highest BCUT2D eigenvalue weighted by Crippen LogP contribution is 2.28. The van der Waals surface area contributed by atoms with Crippen molar-refractivity contribution in [2.75, 3.05) is 31.1 Å². The van der Waals surface area contributed by atoms with E-state index in [1.54, 1.807) is 17.0 Å². The topological polar surface area (TPSA) is 56.9 Å². The van der Waals surface area contributed by atoms with E-state index in [0.717, 1.165) is 17.5 Å². The van der Waals surface area contributed by atoms with Gasteiger partial charge in [-0.3, -0.25) is 4.90 Å². The number of carboxylic acids is 1. The van der Waals surface area contributed by atoms with Gasteiger partial charge in [0.2, 0.25) is 5.76 Å². The third-order valence-corrected chi connectivity index (χ3v) is 4.90. The van der Waals surface area contributed by atoms with Gasteiger partial charge in [-0.1, -0.05) is 18.2 Å². The Hall–Kier alpha value is -2.93. The molecule has 7 heteroatoms. The van der Waals surface area contributed by atoms with E-state index in [2.05, 4.69) is 4.90 Å². The Balaban J connectivity index is 1.51. The van der Waals surface area contributed by atoms with Crippen molar-refractivity contribution >= 4 is 22.6 Å². The summed E-state index contributed by atoms with van der Waals surface area (Å²) in [5.41, 5.74) is 1.45. The van der Waals surface area contributed by atoms with Crippen molar-refractivity contribution in [1.82, 2.24) is 4.90 Å². The maximum atomic E-state index is 14.0. The predicted molar refractivity (Wildman–Crippen MR) is 97.0 cm³/mol. The molecule has 1 aromatic heterocycles. The quantitative estimate of drug-likeness (QED) is 0.756. The minimum Gasteiger partial charge on any atom is -0.475 e. The summed E-state index contributed by atoms with van der Waals surface area (Å²) in [6.07, 6.45) is 0. The van der Waals surface area contributed by atoms with Crippen molar-refractivity contribution < 1.29 is 23.1 Å². The van der Waals surface area contributed by atoms with E-state index in [9.17, 15) is 18.7 Å². The van der Waals surface area contributed by atoms with Gasteiger partial charge in [0.05, 0.1) is 5.69 Å². The normalized spacial score (nSPS) is 15.4. The van der Waals surface area contributed by atoms with E-state index in [1.165, 1.54) is 6.07 Å². The molecule has 4 rings (SSSR count). The lowest BCUT2D eigenvalue weighted by molar-refractivity contribution is 0.0661. The SMILES string of the molecule is O=C(O)c1oc2ccccc2c1CN1CCN(c2cc(F)ccc2F)CC1. The number of anilines is 1. The number of furan rings is 1.